The van der Waals surface area contributed by atoms with Crippen LogP contribution in [0.25, 0.3) is 0 Å². The molecule has 2 aliphatic heterocycles. The summed E-state index contributed by atoms with van der Waals surface area (Å²) in [4.78, 5) is 51.7. The fraction of sp³-hybridized carbons (Fsp3) is 0.529. The van der Waals surface area contributed by atoms with Crippen LogP contribution in [0.1, 0.15) is 125 Å². The molecule has 0 bridgehead atoms. The molecule has 2 aliphatic rings. The molecule has 19 heteroatoms. The summed E-state index contributed by atoms with van der Waals surface area (Å²) < 4.78 is 56.4. The first-order valence-electron chi connectivity index (χ1n) is 16.2. The minimum absolute atomic E-state index is 0.130. The maximum Gasteiger partial charge on any atom is 0.478 e. The van der Waals surface area contributed by atoms with Crippen LogP contribution in [0.15, 0.2) is 48.5 Å². The molecule has 0 spiro atoms. The Hall–Kier alpha value is -2.85. The third kappa shape index (κ3) is 14.7. The maximum atomic E-state index is 12.9. The lowest BCUT2D eigenvalue weighted by Crippen LogP contribution is -2.31. The summed E-state index contributed by atoms with van der Waals surface area (Å²) in [5.74, 6) is -2.54. The van der Waals surface area contributed by atoms with Crippen molar-refractivity contribution in [3.63, 3.8) is 0 Å². The molecule has 0 aliphatic carbocycles. The van der Waals surface area contributed by atoms with Crippen molar-refractivity contribution < 1.29 is 65.5 Å². The second-order valence-corrected chi connectivity index (χ2v) is 18.5. The number of nitrogens with zero attached hydrogens (tertiary/aromatic N) is 2. The molecule has 0 saturated heterocycles. The minimum atomic E-state index is -4.01. The number of benzene rings is 2. The number of hydroxylamine groups is 4. The van der Waals surface area contributed by atoms with Gasteiger partial charge in [-0.2, -0.15) is 0 Å². The first-order chi connectivity index (χ1) is 24.0. The number of carbonyl (C=O) groups excluding carboxylic acids is 4. The highest BCUT2D eigenvalue weighted by Crippen LogP contribution is 2.56. The monoisotopic (exact) mass is 806 g/mol. The molecule has 296 valence electrons. The zero-order valence-corrected chi connectivity index (χ0v) is 34.5. The van der Waals surface area contributed by atoms with Crippen LogP contribution in [0.2, 0.25) is 0 Å². The highest BCUT2D eigenvalue weighted by Gasteiger charge is 2.41. The van der Waals surface area contributed by atoms with E-state index in [0.29, 0.717) is 5.06 Å². The van der Waals surface area contributed by atoms with Crippen molar-refractivity contribution in [3.8, 4) is 0 Å². The van der Waals surface area contributed by atoms with E-state index in [2.05, 4.69) is 0 Å². The topological polar surface area (TPSA) is 194 Å². The zero-order valence-electron chi connectivity index (χ0n) is 32.0. The summed E-state index contributed by atoms with van der Waals surface area (Å²) in [6, 6.07) is 12.4. The van der Waals surface area contributed by atoms with Crippen LogP contribution in [-0.2, 0) is 41.1 Å². The molecule has 0 saturated carbocycles. The van der Waals surface area contributed by atoms with Crippen molar-refractivity contribution in [1.29, 1.82) is 0 Å². The summed E-state index contributed by atoms with van der Waals surface area (Å²) in [7, 11) is -7.60. The third-order valence-electron chi connectivity index (χ3n) is 5.67. The van der Waals surface area contributed by atoms with Gasteiger partial charge in [0.15, 0.2) is 6.79 Å². The molecular weight excluding hydrogens is 758 g/mol. The molecule has 2 aromatic carbocycles. The second-order valence-electron chi connectivity index (χ2n) is 15.2. The molecule has 2 heterocycles. The first kappa shape index (κ1) is 46.3. The van der Waals surface area contributed by atoms with E-state index in [1.54, 1.807) is 107 Å². The Kier molecular flexibility index (Phi) is 15.5. The predicted molar refractivity (Wildman–Crippen MR) is 193 cm³/mol. The Morgan fingerprint density at radius 1 is 0.547 bits per heavy atom. The van der Waals surface area contributed by atoms with Gasteiger partial charge in [0, 0.05) is 0 Å². The number of fused-ring (bicyclic) bond motifs is 2. The lowest BCUT2D eigenvalue weighted by Gasteiger charge is -2.30. The van der Waals surface area contributed by atoms with Gasteiger partial charge >= 0.3 is 15.6 Å². The second kappa shape index (κ2) is 17.7. The number of amides is 4. The van der Waals surface area contributed by atoms with Gasteiger partial charge < -0.3 is 0 Å². The number of phosphoric acid groups is 2. The minimum Gasteiger partial charge on any atom is -0.281 e. The highest BCUT2D eigenvalue weighted by molar-refractivity contribution is 7.48. The summed E-state index contributed by atoms with van der Waals surface area (Å²) in [6.45, 7) is 20.1. The van der Waals surface area contributed by atoms with E-state index < -0.39 is 68.5 Å². The molecule has 0 fully saturated rings. The maximum absolute atomic E-state index is 12.9. The predicted octanol–water partition coefficient (Wildman–Crippen LogP) is 8.54. The largest absolute Gasteiger partial charge is 0.478 e. The standard InChI is InChI=1S/C17H24NO7P.C9H20ClO4P.C8H5NO3/c1-16(2,3)24-26(21,25-17(4,5)6)23-11-22-18-14(19)12-9-7-8-10-13(12)15(18)20;1-8(2,3)13-15(11,12-7-10)14-9(4,5)6;10-7-5-3-1-2-4-6(5)8(11)9(7)12/h7-10H,11H2,1-6H3;7H2,1-6H3;1-4,12H. The van der Waals surface area contributed by atoms with Gasteiger partial charge in [-0.3, -0.25) is 51.5 Å². The number of phosphoric ester groups is 2. The number of rotatable bonds is 10. The van der Waals surface area contributed by atoms with Crippen molar-refractivity contribution >= 4 is 50.9 Å². The van der Waals surface area contributed by atoms with Crippen LogP contribution in [0.4, 0.5) is 0 Å². The molecular formula is C34H49ClN2O14P2. The fourth-order valence-corrected chi connectivity index (χ4v) is 7.77. The van der Waals surface area contributed by atoms with Crippen LogP contribution in [0.5, 0.6) is 0 Å². The molecule has 0 aromatic heterocycles. The zero-order chi connectivity index (χ0) is 40.8. The SMILES string of the molecule is CC(C)(C)OP(=O)(OCCl)OC(C)(C)C.CC(C)(C)OP(=O)(OCON1C(=O)c2ccccc2C1=O)OC(C)(C)C.O=C1c2ccccc2C(=O)N1O. The molecule has 53 heavy (non-hydrogen) atoms. The Balaban J connectivity index is 0.000000303. The van der Waals surface area contributed by atoms with E-state index in [0.717, 1.165) is 0 Å². The summed E-state index contributed by atoms with van der Waals surface area (Å²) in [5.41, 5.74) is -1.88. The summed E-state index contributed by atoms with van der Waals surface area (Å²) in [6.07, 6.45) is 0. The Labute approximate surface area is 315 Å². The van der Waals surface area contributed by atoms with E-state index >= 15 is 0 Å². The van der Waals surface area contributed by atoms with Crippen molar-refractivity contribution in [2.75, 3.05) is 12.9 Å². The smallest absolute Gasteiger partial charge is 0.281 e. The van der Waals surface area contributed by atoms with Gasteiger partial charge in [-0.05, 0) is 107 Å². The van der Waals surface area contributed by atoms with Crippen LogP contribution in [-0.4, -0.2) is 74.2 Å². The van der Waals surface area contributed by atoms with E-state index in [4.69, 9.17) is 48.8 Å². The van der Waals surface area contributed by atoms with E-state index in [1.165, 1.54) is 24.3 Å². The molecule has 0 atom stereocenters. The van der Waals surface area contributed by atoms with Crippen LogP contribution < -0.4 is 0 Å². The van der Waals surface area contributed by atoms with Crippen molar-refractivity contribution in [2.45, 2.75) is 105 Å². The average Bonchev–Trinajstić information content (AvgIpc) is 3.34. The number of carbonyl (C=O) groups is 4. The van der Waals surface area contributed by atoms with Gasteiger partial charge in [0.2, 0.25) is 0 Å². The molecule has 0 radical (unpaired) electrons. The third-order valence-corrected chi connectivity index (χ3v) is 9.89. The summed E-state index contributed by atoms with van der Waals surface area (Å²) in [5, 5.41) is 9.62. The summed E-state index contributed by atoms with van der Waals surface area (Å²) >= 11 is 5.39. The average molecular weight is 807 g/mol. The van der Waals surface area contributed by atoms with Gasteiger partial charge in [-0.1, -0.05) is 35.9 Å². The Morgan fingerprint density at radius 2 is 0.830 bits per heavy atom. The normalized spacial score (nSPS) is 15.1. The van der Waals surface area contributed by atoms with Crippen molar-refractivity contribution in [1.82, 2.24) is 10.1 Å². The fourth-order valence-electron chi connectivity index (χ4n) is 4.15. The van der Waals surface area contributed by atoms with Crippen LogP contribution >= 0.6 is 27.2 Å². The van der Waals surface area contributed by atoms with Gasteiger partial charge in [-0.15, -0.1) is 10.1 Å². The van der Waals surface area contributed by atoms with Gasteiger partial charge in [0.05, 0.1) is 44.7 Å². The quantitative estimate of drug-likeness (QED) is 0.0789. The van der Waals surface area contributed by atoms with Gasteiger partial charge in [-0.25, -0.2) is 14.0 Å². The number of hydrogen-bond acceptors (Lipinski definition) is 14. The molecule has 2 aromatic rings. The number of halogens is 1. The molecule has 16 nitrogen and oxygen atoms in total. The van der Waals surface area contributed by atoms with Crippen molar-refractivity contribution in [3.05, 3.63) is 70.8 Å². The highest BCUT2D eigenvalue weighted by atomic mass is 35.5. The molecule has 0 unspecified atom stereocenters. The van der Waals surface area contributed by atoms with Crippen LogP contribution in [0.3, 0.4) is 0 Å². The lowest BCUT2D eigenvalue weighted by atomic mass is 10.1. The molecule has 1 N–H and O–H groups in total. The van der Waals surface area contributed by atoms with Gasteiger partial charge in [0.1, 0.15) is 6.07 Å². The van der Waals surface area contributed by atoms with Crippen molar-refractivity contribution in [2.24, 2.45) is 0 Å². The van der Waals surface area contributed by atoms with E-state index in [-0.39, 0.29) is 33.4 Å². The van der Waals surface area contributed by atoms with Crippen LogP contribution in [0, 0.1) is 0 Å². The van der Waals surface area contributed by atoms with Gasteiger partial charge in [0.25, 0.3) is 23.6 Å². The van der Waals surface area contributed by atoms with E-state index in [9.17, 15) is 28.3 Å². The Morgan fingerprint density at radius 3 is 1.11 bits per heavy atom. The number of hydrogen-bond donors (Lipinski definition) is 1. The number of imide groups is 2. The molecule has 4 rings (SSSR count). The molecule has 4 amide bonds. The first-order valence-corrected chi connectivity index (χ1v) is 19.6. The van der Waals surface area contributed by atoms with E-state index in [1.807, 2.05) is 0 Å². The Bertz CT molecular complexity index is 1630. The number of alkyl halides is 1. The lowest BCUT2D eigenvalue weighted by molar-refractivity contribution is -0.152.